The van der Waals surface area contributed by atoms with Crippen LogP contribution in [0.3, 0.4) is 0 Å². The Kier molecular flexibility index (Phi) is 6.27. The van der Waals surface area contributed by atoms with Crippen molar-refractivity contribution in [2.45, 2.75) is 32.7 Å². The number of hydrogen-bond donors (Lipinski definition) is 1. The van der Waals surface area contributed by atoms with Crippen molar-refractivity contribution in [1.82, 2.24) is 9.88 Å². The van der Waals surface area contributed by atoms with Gasteiger partial charge in [0.2, 0.25) is 0 Å². The number of hydrogen-bond acceptors (Lipinski definition) is 4. The molecule has 4 nitrogen and oxygen atoms in total. The summed E-state index contributed by atoms with van der Waals surface area (Å²) >= 11 is 0. The number of pyridine rings is 1. The highest BCUT2D eigenvalue weighted by Crippen LogP contribution is 2.19. The van der Waals surface area contributed by atoms with Gasteiger partial charge in [-0.15, -0.1) is 0 Å². The third-order valence-corrected chi connectivity index (χ3v) is 3.79. The number of methoxy groups -OCH3 is 1. The van der Waals surface area contributed by atoms with Crippen molar-refractivity contribution in [1.29, 1.82) is 0 Å². The first-order valence-electron chi connectivity index (χ1n) is 7.72. The minimum atomic E-state index is 0.676. The van der Waals surface area contributed by atoms with Gasteiger partial charge in [-0.3, -0.25) is 9.88 Å². The Morgan fingerprint density at radius 1 is 1.50 bits per heavy atom. The first kappa shape index (κ1) is 15.3. The quantitative estimate of drug-likeness (QED) is 0.831. The van der Waals surface area contributed by atoms with E-state index in [9.17, 15) is 0 Å². The molecule has 1 atom stereocenters. The lowest BCUT2D eigenvalue weighted by molar-refractivity contribution is 0.0868. The fourth-order valence-corrected chi connectivity index (χ4v) is 2.84. The molecule has 1 aliphatic rings. The highest BCUT2D eigenvalue weighted by Gasteiger charge is 2.20. The standard InChI is InChI=1S/C16H27N3O/c1-3-7-17-15-6-8-18-16(10-15)12-19-9-4-5-14(11-19)13-20-2/h6,8,10,14H,3-5,7,9,11-13H2,1-2H3,(H,17,18). The van der Waals surface area contributed by atoms with Crippen LogP contribution in [0, 0.1) is 5.92 Å². The van der Waals surface area contributed by atoms with Gasteiger partial charge in [0.1, 0.15) is 0 Å². The number of rotatable bonds is 7. The molecule has 0 bridgehead atoms. The average molecular weight is 277 g/mol. The van der Waals surface area contributed by atoms with Crippen molar-refractivity contribution in [3.8, 4) is 0 Å². The van der Waals surface area contributed by atoms with E-state index >= 15 is 0 Å². The molecular weight excluding hydrogens is 250 g/mol. The van der Waals surface area contributed by atoms with Crippen LogP contribution in [0.2, 0.25) is 0 Å². The van der Waals surface area contributed by atoms with Crippen molar-refractivity contribution in [2.75, 3.05) is 38.7 Å². The predicted molar refractivity (Wildman–Crippen MR) is 82.9 cm³/mol. The molecule has 1 aromatic rings. The molecule has 4 heteroatoms. The lowest BCUT2D eigenvalue weighted by Crippen LogP contribution is -2.36. The van der Waals surface area contributed by atoms with Gasteiger partial charge in [-0.05, 0) is 43.9 Å². The number of nitrogens with zero attached hydrogens (tertiary/aromatic N) is 2. The minimum Gasteiger partial charge on any atom is -0.385 e. The normalized spacial score (nSPS) is 20.0. The summed E-state index contributed by atoms with van der Waals surface area (Å²) in [7, 11) is 1.80. The smallest absolute Gasteiger partial charge is 0.0564 e. The molecule has 1 unspecified atom stereocenters. The Morgan fingerprint density at radius 2 is 2.40 bits per heavy atom. The van der Waals surface area contributed by atoms with Crippen LogP contribution in [0.4, 0.5) is 5.69 Å². The second-order valence-electron chi connectivity index (χ2n) is 5.66. The van der Waals surface area contributed by atoms with Gasteiger partial charge in [0.05, 0.1) is 12.3 Å². The molecule has 0 saturated carbocycles. The van der Waals surface area contributed by atoms with Crippen LogP contribution in [0.5, 0.6) is 0 Å². The molecule has 20 heavy (non-hydrogen) atoms. The lowest BCUT2D eigenvalue weighted by Gasteiger charge is -2.32. The number of nitrogens with one attached hydrogen (secondary N) is 1. The summed E-state index contributed by atoms with van der Waals surface area (Å²) < 4.78 is 5.29. The zero-order chi connectivity index (χ0) is 14.2. The van der Waals surface area contributed by atoms with Gasteiger partial charge in [-0.2, -0.15) is 0 Å². The Labute approximate surface area is 122 Å². The van der Waals surface area contributed by atoms with Crippen molar-refractivity contribution < 1.29 is 4.74 Å². The van der Waals surface area contributed by atoms with Gasteiger partial charge in [0, 0.05) is 38.6 Å². The van der Waals surface area contributed by atoms with E-state index in [0.29, 0.717) is 5.92 Å². The third-order valence-electron chi connectivity index (χ3n) is 3.79. The molecule has 0 radical (unpaired) electrons. The van der Waals surface area contributed by atoms with E-state index < -0.39 is 0 Å². The highest BCUT2D eigenvalue weighted by atomic mass is 16.5. The van der Waals surface area contributed by atoms with Crippen LogP contribution in [0.1, 0.15) is 31.9 Å². The molecule has 112 valence electrons. The third kappa shape index (κ3) is 4.76. The molecule has 1 N–H and O–H groups in total. The average Bonchev–Trinajstić information content (AvgIpc) is 2.46. The van der Waals surface area contributed by atoms with Crippen LogP contribution < -0.4 is 5.32 Å². The molecule has 1 aliphatic heterocycles. The van der Waals surface area contributed by atoms with Crippen molar-refractivity contribution in [3.05, 3.63) is 24.0 Å². The van der Waals surface area contributed by atoms with Crippen LogP contribution in [-0.2, 0) is 11.3 Å². The Balaban J connectivity index is 1.88. The van der Waals surface area contributed by atoms with E-state index in [1.807, 2.05) is 12.3 Å². The van der Waals surface area contributed by atoms with Crippen LogP contribution in [0.25, 0.3) is 0 Å². The summed E-state index contributed by atoms with van der Waals surface area (Å²) in [6.07, 6.45) is 5.60. The highest BCUT2D eigenvalue weighted by molar-refractivity contribution is 5.43. The zero-order valence-corrected chi connectivity index (χ0v) is 12.8. The van der Waals surface area contributed by atoms with E-state index in [4.69, 9.17) is 4.74 Å². The Hall–Kier alpha value is -1.13. The topological polar surface area (TPSA) is 37.4 Å². The molecule has 1 saturated heterocycles. The number of ether oxygens (including phenoxy) is 1. The second-order valence-corrected chi connectivity index (χ2v) is 5.66. The molecule has 0 aliphatic carbocycles. The second kappa shape index (κ2) is 8.22. The molecule has 0 spiro atoms. The summed E-state index contributed by atoms with van der Waals surface area (Å²) in [5.74, 6) is 0.676. The number of likely N-dealkylation sites (tertiary alicyclic amines) is 1. The maximum absolute atomic E-state index is 5.29. The largest absolute Gasteiger partial charge is 0.385 e. The van der Waals surface area contributed by atoms with Gasteiger partial charge in [-0.25, -0.2) is 0 Å². The molecule has 2 heterocycles. The summed E-state index contributed by atoms with van der Waals surface area (Å²) in [5, 5.41) is 3.42. The van der Waals surface area contributed by atoms with E-state index in [1.165, 1.54) is 25.1 Å². The fourth-order valence-electron chi connectivity index (χ4n) is 2.84. The monoisotopic (exact) mass is 277 g/mol. The van der Waals surface area contributed by atoms with Gasteiger partial charge in [0.25, 0.3) is 0 Å². The molecule has 0 aromatic carbocycles. The van der Waals surface area contributed by atoms with E-state index in [1.54, 1.807) is 7.11 Å². The van der Waals surface area contributed by atoms with Gasteiger partial charge < -0.3 is 10.1 Å². The van der Waals surface area contributed by atoms with Crippen LogP contribution in [0.15, 0.2) is 18.3 Å². The van der Waals surface area contributed by atoms with Crippen molar-refractivity contribution in [2.24, 2.45) is 5.92 Å². The molecule has 0 amide bonds. The van der Waals surface area contributed by atoms with Crippen molar-refractivity contribution in [3.63, 3.8) is 0 Å². The summed E-state index contributed by atoms with van der Waals surface area (Å²) in [5.41, 5.74) is 2.34. The van der Waals surface area contributed by atoms with Gasteiger partial charge >= 0.3 is 0 Å². The number of piperidine rings is 1. The van der Waals surface area contributed by atoms with Gasteiger partial charge in [0.15, 0.2) is 0 Å². The molecular formula is C16H27N3O. The minimum absolute atomic E-state index is 0.676. The maximum atomic E-state index is 5.29. The van der Waals surface area contributed by atoms with Gasteiger partial charge in [-0.1, -0.05) is 6.92 Å². The van der Waals surface area contributed by atoms with Crippen LogP contribution >= 0.6 is 0 Å². The van der Waals surface area contributed by atoms with E-state index in [2.05, 4.69) is 28.2 Å². The van der Waals surface area contributed by atoms with Crippen LogP contribution in [-0.4, -0.2) is 43.2 Å². The Morgan fingerprint density at radius 3 is 3.20 bits per heavy atom. The molecule has 1 fully saturated rings. The summed E-state index contributed by atoms with van der Waals surface area (Å²) in [6, 6.07) is 4.22. The molecule has 2 rings (SSSR count). The molecule has 1 aromatic heterocycles. The fraction of sp³-hybridized carbons (Fsp3) is 0.688. The Bertz CT molecular complexity index is 395. The zero-order valence-electron chi connectivity index (χ0n) is 12.8. The summed E-state index contributed by atoms with van der Waals surface area (Å²) in [6.45, 7) is 7.32. The first-order chi connectivity index (χ1) is 9.81. The lowest BCUT2D eigenvalue weighted by atomic mass is 9.99. The SMILES string of the molecule is CCCNc1ccnc(CN2CCCC(COC)C2)c1. The summed E-state index contributed by atoms with van der Waals surface area (Å²) in [4.78, 5) is 7.00. The van der Waals surface area contributed by atoms with E-state index in [-0.39, 0.29) is 0 Å². The maximum Gasteiger partial charge on any atom is 0.0564 e. The first-order valence-corrected chi connectivity index (χ1v) is 7.72. The number of anilines is 1. The van der Waals surface area contributed by atoms with Crippen molar-refractivity contribution >= 4 is 5.69 Å². The van der Waals surface area contributed by atoms with E-state index in [0.717, 1.165) is 38.4 Å². The predicted octanol–water partition coefficient (Wildman–Crippen LogP) is 2.76. The number of aromatic nitrogens is 1.